The molecule has 0 bridgehead atoms. The van der Waals surface area contributed by atoms with Gasteiger partial charge in [-0.3, -0.25) is 24.5 Å². The number of fused-ring (bicyclic) bond motifs is 1. The fraction of sp³-hybridized carbons (Fsp3) is 0.250. The first kappa shape index (κ1) is 25.8. The molecule has 1 N–H and O–H groups in total. The number of aromatic nitrogens is 2. The van der Waals surface area contributed by atoms with E-state index in [2.05, 4.69) is 22.1 Å². The van der Waals surface area contributed by atoms with Crippen molar-refractivity contribution >= 4 is 57.4 Å². The maximum atomic E-state index is 13.3. The molecule has 1 aliphatic heterocycles. The van der Waals surface area contributed by atoms with E-state index in [0.29, 0.717) is 16.5 Å². The van der Waals surface area contributed by atoms with E-state index in [4.69, 9.17) is 0 Å². The Balaban J connectivity index is 0.00000148. The monoisotopic (exact) mass is 536 g/mol. The number of benzene rings is 2. The van der Waals surface area contributed by atoms with Crippen molar-refractivity contribution in [2.24, 2.45) is 5.92 Å². The number of hydrogen-bond donors (Lipinski definition) is 1. The zero-order valence-electron chi connectivity index (χ0n) is 18.9. The average Bonchev–Trinajstić information content (AvgIpc) is 3.59. The second-order valence-electron chi connectivity index (χ2n) is 8.04. The maximum absolute atomic E-state index is 13.3. The molecule has 7 nitrogen and oxygen atoms in total. The van der Waals surface area contributed by atoms with Crippen LogP contribution < -0.4 is 5.43 Å². The molecule has 5 rings (SSSR count). The Morgan fingerprint density at radius 2 is 1.92 bits per heavy atom. The minimum atomic E-state index is -4.46. The third kappa shape index (κ3) is 5.41. The lowest BCUT2D eigenvalue weighted by Crippen LogP contribution is -2.45. The summed E-state index contributed by atoms with van der Waals surface area (Å²) in [6, 6.07) is 10.5. The zero-order chi connectivity index (χ0) is 26.0. The Morgan fingerprint density at radius 1 is 1.19 bits per heavy atom. The molecule has 0 spiro atoms. The number of carbonyl (C=O) groups excluding carboxylic acids is 3. The topological polar surface area (TPSA) is 84.3 Å². The predicted molar refractivity (Wildman–Crippen MR) is 131 cm³/mol. The first-order valence-electron chi connectivity index (χ1n) is 10.8. The summed E-state index contributed by atoms with van der Waals surface area (Å²) in [6.07, 6.45) is 1.56. The number of hydrazine groups is 1. The number of nitrogens with zero attached hydrogens (tertiary/aromatic N) is 3. The van der Waals surface area contributed by atoms with E-state index >= 15 is 0 Å². The number of halogens is 4. The van der Waals surface area contributed by atoms with Crippen LogP contribution in [0.25, 0.3) is 17.0 Å². The van der Waals surface area contributed by atoms with Crippen LogP contribution in [0.5, 0.6) is 0 Å². The van der Waals surface area contributed by atoms with Crippen molar-refractivity contribution in [3.05, 3.63) is 70.3 Å². The van der Waals surface area contributed by atoms with Gasteiger partial charge in [0.05, 0.1) is 28.7 Å². The van der Waals surface area contributed by atoms with Gasteiger partial charge in [-0.25, -0.2) is 0 Å². The van der Waals surface area contributed by atoms with E-state index in [0.717, 1.165) is 35.7 Å². The Morgan fingerprint density at radius 3 is 2.61 bits per heavy atom. The minimum absolute atomic E-state index is 0.0574. The zero-order valence-corrected chi connectivity index (χ0v) is 20.5. The summed E-state index contributed by atoms with van der Waals surface area (Å²) in [5.74, 6) is -1.10. The van der Waals surface area contributed by atoms with E-state index < -0.39 is 22.9 Å². The van der Waals surface area contributed by atoms with E-state index in [-0.39, 0.29) is 28.8 Å². The van der Waals surface area contributed by atoms with E-state index in [1.165, 1.54) is 35.5 Å². The largest absolute Gasteiger partial charge is 0.416 e. The summed E-state index contributed by atoms with van der Waals surface area (Å²) in [6.45, 7) is -0.0574. The van der Waals surface area contributed by atoms with Crippen molar-refractivity contribution in [2.75, 3.05) is 6.38 Å². The average molecular weight is 537 g/mol. The lowest BCUT2D eigenvalue weighted by molar-refractivity contribution is -0.138. The van der Waals surface area contributed by atoms with Crippen LogP contribution in [0.2, 0.25) is 0 Å². The minimum Gasteiger partial charge on any atom is -0.273 e. The Hall–Kier alpha value is -3.31. The molecule has 188 valence electrons. The molecule has 3 aromatic rings. The van der Waals surface area contributed by atoms with Gasteiger partial charge >= 0.3 is 11.4 Å². The van der Waals surface area contributed by atoms with Crippen molar-refractivity contribution in [1.82, 2.24) is 20.2 Å². The molecular weight excluding hydrogens is 517 g/mol. The summed E-state index contributed by atoms with van der Waals surface area (Å²) in [7, 11) is 0. The van der Waals surface area contributed by atoms with Crippen LogP contribution in [-0.2, 0) is 22.3 Å². The molecule has 2 aliphatic rings. The molecule has 1 aromatic heterocycles. The highest BCUT2D eigenvalue weighted by atomic mass is 35.5. The van der Waals surface area contributed by atoms with Crippen LogP contribution in [0.4, 0.5) is 18.0 Å². The molecule has 0 unspecified atom stereocenters. The van der Waals surface area contributed by atoms with Gasteiger partial charge in [0, 0.05) is 17.7 Å². The van der Waals surface area contributed by atoms with Gasteiger partial charge in [0.1, 0.15) is 0 Å². The van der Waals surface area contributed by atoms with Crippen LogP contribution in [-0.4, -0.2) is 38.2 Å². The number of amides is 3. The first-order valence-corrected chi connectivity index (χ1v) is 12.3. The predicted octanol–water partition coefficient (Wildman–Crippen LogP) is 5.44. The summed E-state index contributed by atoms with van der Waals surface area (Å²) in [5.41, 5.74) is 3.00. The number of thioether (sulfide) groups is 1. The quantitative estimate of drug-likeness (QED) is 0.347. The molecule has 0 radical (unpaired) electrons. The Bertz CT molecular complexity index is 1370. The third-order valence-electron chi connectivity index (χ3n) is 5.57. The molecular formula is C24H20ClF3N4O3S. The first-order chi connectivity index (χ1) is 17.2. The molecule has 1 saturated heterocycles. The van der Waals surface area contributed by atoms with Gasteiger partial charge in [0.25, 0.3) is 5.91 Å². The van der Waals surface area contributed by atoms with Crippen molar-refractivity contribution in [3.63, 3.8) is 0 Å². The second kappa shape index (κ2) is 10.4. The van der Waals surface area contributed by atoms with Crippen LogP contribution >= 0.6 is 23.4 Å². The van der Waals surface area contributed by atoms with Crippen molar-refractivity contribution in [1.29, 1.82) is 0 Å². The van der Waals surface area contributed by atoms with Crippen LogP contribution in [0, 0.1) is 5.92 Å². The number of rotatable bonds is 5. The molecule has 36 heavy (non-hydrogen) atoms. The second-order valence-corrected chi connectivity index (χ2v) is 9.04. The number of hydrogen-bond acceptors (Lipinski definition) is 5. The van der Waals surface area contributed by atoms with Crippen LogP contribution in [0.15, 0.2) is 53.6 Å². The summed E-state index contributed by atoms with van der Waals surface area (Å²) in [5, 5.41) is 5.04. The fourth-order valence-corrected chi connectivity index (χ4v) is 4.46. The molecule has 2 aromatic carbocycles. The Kier molecular flexibility index (Phi) is 7.41. The van der Waals surface area contributed by atoms with E-state index in [9.17, 15) is 27.6 Å². The number of imide groups is 1. The Labute approximate surface area is 213 Å². The highest BCUT2D eigenvalue weighted by Crippen LogP contribution is 2.34. The standard InChI is InChI=1S/C23H17F3N4O3S.CH3Cl/c24-23(25,26)17-4-2-1-3-15(17)12-29-18-8-5-13(9-16(18)11-27-29)10-19-21(32)30(22(33)34-19)28-20(31)14-6-7-14;1-2/h1-5,8-11,14H,6-7,12H2,(H,28,31);1H3/b19-10-;. The van der Waals surface area contributed by atoms with Crippen LogP contribution in [0.1, 0.15) is 29.5 Å². The number of nitrogens with one attached hydrogen (secondary N) is 1. The van der Waals surface area contributed by atoms with Crippen molar-refractivity contribution < 1.29 is 27.6 Å². The SMILES string of the molecule is CCl.O=C(NN1C(=O)S/C(=C\c2ccc3c(cnn3Cc3ccccc3C(F)(F)F)c2)C1=O)C1CC1. The fourth-order valence-electron chi connectivity index (χ4n) is 3.68. The highest BCUT2D eigenvalue weighted by Gasteiger charge is 2.39. The molecule has 1 saturated carbocycles. The van der Waals surface area contributed by atoms with Gasteiger partial charge < -0.3 is 0 Å². The van der Waals surface area contributed by atoms with Gasteiger partial charge in [-0.15, -0.1) is 11.6 Å². The van der Waals surface area contributed by atoms with E-state index in [1.54, 1.807) is 24.3 Å². The summed E-state index contributed by atoms with van der Waals surface area (Å²) >= 11 is 5.36. The van der Waals surface area contributed by atoms with Gasteiger partial charge in [-0.1, -0.05) is 24.3 Å². The van der Waals surface area contributed by atoms with Crippen LogP contribution in [0.3, 0.4) is 0 Å². The van der Waals surface area contributed by atoms with Crippen molar-refractivity contribution in [3.8, 4) is 0 Å². The molecule has 2 heterocycles. The molecule has 12 heteroatoms. The molecule has 0 atom stereocenters. The molecule has 1 aliphatic carbocycles. The maximum Gasteiger partial charge on any atom is 0.416 e. The smallest absolute Gasteiger partial charge is 0.273 e. The lowest BCUT2D eigenvalue weighted by atomic mass is 10.1. The van der Waals surface area contributed by atoms with Gasteiger partial charge in [-0.05, 0) is 60.0 Å². The third-order valence-corrected chi connectivity index (χ3v) is 6.44. The summed E-state index contributed by atoms with van der Waals surface area (Å²) < 4.78 is 41.4. The molecule has 3 amide bonds. The number of alkyl halides is 4. The van der Waals surface area contributed by atoms with Gasteiger partial charge in [0.15, 0.2) is 0 Å². The number of carbonyl (C=O) groups is 3. The van der Waals surface area contributed by atoms with E-state index in [1.807, 2.05) is 0 Å². The lowest BCUT2D eigenvalue weighted by Gasteiger charge is -2.13. The van der Waals surface area contributed by atoms with Crippen molar-refractivity contribution in [2.45, 2.75) is 25.6 Å². The molecule has 2 fully saturated rings. The summed E-state index contributed by atoms with van der Waals surface area (Å²) in [4.78, 5) is 36.8. The normalized spacial score (nSPS) is 16.9. The van der Waals surface area contributed by atoms with Gasteiger partial charge in [-0.2, -0.15) is 23.3 Å². The van der Waals surface area contributed by atoms with Gasteiger partial charge in [0.2, 0.25) is 5.91 Å². The highest BCUT2D eigenvalue weighted by molar-refractivity contribution is 8.18.